The van der Waals surface area contributed by atoms with Gasteiger partial charge in [0.2, 0.25) is 0 Å². The van der Waals surface area contributed by atoms with Crippen molar-refractivity contribution in [3.63, 3.8) is 0 Å². The molecule has 18 heavy (non-hydrogen) atoms. The first kappa shape index (κ1) is 11.9. The van der Waals surface area contributed by atoms with Crippen molar-refractivity contribution in [1.82, 2.24) is 0 Å². The van der Waals surface area contributed by atoms with Gasteiger partial charge in [-0.2, -0.15) is 0 Å². The third-order valence-corrected chi connectivity index (χ3v) is 4.27. The van der Waals surface area contributed by atoms with Crippen LogP contribution in [0.3, 0.4) is 0 Å². The van der Waals surface area contributed by atoms with Crippen molar-refractivity contribution in [2.45, 2.75) is 19.4 Å². The first-order valence-corrected chi connectivity index (χ1v) is 7.24. The number of rotatable bonds is 3. The molecule has 2 heterocycles. The maximum atomic E-state index is 5.96. The van der Waals surface area contributed by atoms with Crippen molar-refractivity contribution in [1.29, 1.82) is 0 Å². The van der Waals surface area contributed by atoms with Crippen molar-refractivity contribution < 1.29 is 4.74 Å². The van der Waals surface area contributed by atoms with Gasteiger partial charge >= 0.3 is 0 Å². The Kier molecular flexibility index (Phi) is 3.18. The predicted molar refractivity (Wildman–Crippen MR) is 77.0 cm³/mol. The molecule has 0 fully saturated rings. The molecule has 0 amide bonds. The summed E-state index contributed by atoms with van der Waals surface area (Å²) in [5, 5.41) is 5.59. The summed E-state index contributed by atoms with van der Waals surface area (Å²) in [5.74, 6) is 1.02. The Hall–Kier alpha value is -1.19. The third kappa shape index (κ3) is 2.33. The van der Waals surface area contributed by atoms with E-state index >= 15 is 0 Å². The van der Waals surface area contributed by atoms with E-state index in [1.807, 2.05) is 12.1 Å². The monoisotopic (exact) mass is 279 g/mol. The normalized spacial score (nSPS) is 15.0. The van der Waals surface area contributed by atoms with E-state index in [4.69, 9.17) is 16.3 Å². The maximum absolute atomic E-state index is 5.96. The summed E-state index contributed by atoms with van der Waals surface area (Å²) < 4.78 is 6.34. The van der Waals surface area contributed by atoms with Gasteiger partial charge < -0.3 is 10.1 Å². The van der Waals surface area contributed by atoms with E-state index in [-0.39, 0.29) is 6.04 Å². The van der Waals surface area contributed by atoms with E-state index in [2.05, 4.69) is 29.8 Å². The van der Waals surface area contributed by atoms with Gasteiger partial charge in [0.15, 0.2) is 0 Å². The largest absolute Gasteiger partial charge is 0.493 e. The van der Waals surface area contributed by atoms with Gasteiger partial charge in [-0.05, 0) is 47.7 Å². The highest BCUT2D eigenvalue weighted by Gasteiger charge is 2.13. The maximum Gasteiger partial charge on any atom is 0.122 e. The standard InChI is InChI=1S/C14H14ClNOS/c1-9(11-7-14(15)18-8-11)16-12-2-3-13-10(6-12)4-5-17-13/h2-3,6-9,16H,4-5H2,1H3. The van der Waals surface area contributed by atoms with Gasteiger partial charge in [0.1, 0.15) is 5.75 Å². The van der Waals surface area contributed by atoms with Crippen LogP contribution in [0.15, 0.2) is 29.6 Å². The van der Waals surface area contributed by atoms with E-state index in [0.717, 1.165) is 28.8 Å². The zero-order chi connectivity index (χ0) is 12.5. The Balaban J connectivity index is 1.76. The minimum atomic E-state index is 0.258. The molecule has 1 aromatic carbocycles. The van der Waals surface area contributed by atoms with E-state index in [1.165, 1.54) is 11.1 Å². The highest BCUT2D eigenvalue weighted by molar-refractivity contribution is 7.14. The van der Waals surface area contributed by atoms with Crippen LogP contribution in [-0.2, 0) is 6.42 Å². The van der Waals surface area contributed by atoms with Crippen LogP contribution in [0, 0.1) is 0 Å². The van der Waals surface area contributed by atoms with Crippen LogP contribution in [-0.4, -0.2) is 6.61 Å². The molecular weight excluding hydrogens is 266 g/mol. The molecule has 0 aliphatic carbocycles. The fourth-order valence-corrected chi connectivity index (χ4v) is 3.14. The Bertz CT molecular complexity index is 567. The molecule has 4 heteroatoms. The number of hydrogen-bond donors (Lipinski definition) is 1. The third-order valence-electron chi connectivity index (χ3n) is 3.16. The highest BCUT2D eigenvalue weighted by atomic mass is 35.5. The number of ether oxygens (including phenoxy) is 1. The minimum Gasteiger partial charge on any atom is -0.493 e. The Morgan fingerprint density at radius 3 is 3.06 bits per heavy atom. The first-order chi connectivity index (χ1) is 8.72. The molecule has 2 nitrogen and oxygen atoms in total. The van der Waals surface area contributed by atoms with Gasteiger partial charge in [-0.15, -0.1) is 11.3 Å². The second-order valence-corrected chi connectivity index (χ2v) is 6.01. The second-order valence-electron chi connectivity index (χ2n) is 4.47. The molecule has 1 atom stereocenters. The second kappa shape index (κ2) is 4.82. The number of benzene rings is 1. The van der Waals surface area contributed by atoms with E-state index in [9.17, 15) is 0 Å². The van der Waals surface area contributed by atoms with Crippen LogP contribution in [0.2, 0.25) is 4.34 Å². The van der Waals surface area contributed by atoms with E-state index in [0.29, 0.717) is 0 Å². The molecule has 94 valence electrons. The van der Waals surface area contributed by atoms with Crippen molar-refractivity contribution in [2.24, 2.45) is 0 Å². The van der Waals surface area contributed by atoms with Crippen molar-refractivity contribution in [2.75, 3.05) is 11.9 Å². The summed E-state index contributed by atoms with van der Waals surface area (Å²) in [6.07, 6.45) is 1.00. The SMILES string of the molecule is CC(Nc1ccc2c(c1)CCO2)c1csc(Cl)c1. The Morgan fingerprint density at radius 1 is 1.39 bits per heavy atom. The van der Waals surface area contributed by atoms with Crippen molar-refractivity contribution >= 4 is 28.6 Å². The molecule has 1 aliphatic heterocycles. The van der Waals surface area contributed by atoms with Crippen molar-refractivity contribution in [3.8, 4) is 5.75 Å². The molecule has 0 spiro atoms. The molecule has 0 saturated carbocycles. The van der Waals surface area contributed by atoms with Gasteiger partial charge in [0.05, 0.1) is 10.9 Å². The van der Waals surface area contributed by atoms with Gasteiger partial charge in [0.25, 0.3) is 0 Å². The summed E-state index contributed by atoms with van der Waals surface area (Å²) in [6.45, 7) is 2.94. The fraction of sp³-hybridized carbons (Fsp3) is 0.286. The molecular formula is C14H14ClNOS. The van der Waals surface area contributed by atoms with Crippen LogP contribution in [0.25, 0.3) is 0 Å². The summed E-state index contributed by atoms with van der Waals surface area (Å²) >= 11 is 7.53. The van der Waals surface area contributed by atoms with Crippen LogP contribution in [0.5, 0.6) is 5.75 Å². The number of fused-ring (bicyclic) bond motifs is 1. The number of hydrogen-bond acceptors (Lipinski definition) is 3. The average Bonchev–Trinajstić information content (AvgIpc) is 2.96. The lowest BCUT2D eigenvalue weighted by molar-refractivity contribution is 0.357. The van der Waals surface area contributed by atoms with Gasteiger partial charge in [-0.3, -0.25) is 0 Å². The molecule has 1 aliphatic rings. The molecule has 0 radical (unpaired) electrons. The molecule has 0 bridgehead atoms. The molecule has 3 rings (SSSR count). The van der Waals surface area contributed by atoms with Gasteiger partial charge in [-0.1, -0.05) is 11.6 Å². The molecule has 0 saturated heterocycles. The van der Waals surface area contributed by atoms with Crippen LogP contribution in [0.1, 0.15) is 24.1 Å². The average molecular weight is 280 g/mol. The predicted octanol–water partition coefficient (Wildman–Crippen LogP) is 4.51. The van der Waals surface area contributed by atoms with Crippen LogP contribution < -0.4 is 10.1 Å². The summed E-state index contributed by atoms with van der Waals surface area (Å²) in [6, 6.07) is 8.55. The lowest BCUT2D eigenvalue weighted by atomic mass is 10.1. The van der Waals surface area contributed by atoms with E-state index in [1.54, 1.807) is 11.3 Å². The molecule has 1 aromatic heterocycles. The summed E-state index contributed by atoms with van der Waals surface area (Å²) in [4.78, 5) is 0. The molecule has 2 aromatic rings. The topological polar surface area (TPSA) is 21.3 Å². The number of halogens is 1. The van der Waals surface area contributed by atoms with Crippen molar-refractivity contribution in [3.05, 3.63) is 45.1 Å². The first-order valence-electron chi connectivity index (χ1n) is 5.98. The van der Waals surface area contributed by atoms with Crippen LogP contribution >= 0.6 is 22.9 Å². The fourth-order valence-electron chi connectivity index (χ4n) is 2.16. The van der Waals surface area contributed by atoms with Gasteiger partial charge in [0, 0.05) is 18.2 Å². The zero-order valence-corrected chi connectivity index (χ0v) is 11.6. The van der Waals surface area contributed by atoms with Gasteiger partial charge in [-0.25, -0.2) is 0 Å². The summed E-state index contributed by atoms with van der Waals surface area (Å²) in [5.41, 5.74) is 3.64. The van der Waals surface area contributed by atoms with E-state index < -0.39 is 0 Å². The highest BCUT2D eigenvalue weighted by Crippen LogP contribution is 2.31. The quantitative estimate of drug-likeness (QED) is 0.892. The lowest BCUT2D eigenvalue weighted by Crippen LogP contribution is -2.05. The van der Waals surface area contributed by atoms with Crippen LogP contribution in [0.4, 0.5) is 5.69 Å². The minimum absolute atomic E-state index is 0.258. The number of thiophene rings is 1. The smallest absolute Gasteiger partial charge is 0.122 e. The Morgan fingerprint density at radius 2 is 2.28 bits per heavy atom. The number of anilines is 1. The molecule has 1 unspecified atom stereocenters. The molecule has 1 N–H and O–H groups in total. The Labute approximate surface area is 116 Å². The lowest BCUT2D eigenvalue weighted by Gasteiger charge is -2.14. The summed E-state index contributed by atoms with van der Waals surface area (Å²) in [7, 11) is 0. The number of nitrogens with one attached hydrogen (secondary N) is 1. The zero-order valence-electron chi connectivity index (χ0n) is 10.1.